The maximum Gasteiger partial charge on any atom is 1.00 e. The van der Waals surface area contributed by atoms with E-state index < -0.39 is 46.7 Å². The molecule has 0 aliphatic carbocycles. The van der Waals surface area contributed by atoms with Crippen molar-refractivity contribution in [3.05, 3.63) is 47.0 Å². The summed E-state index contributed by atoms with van der Waals surface area (Å²) in [4.78, 5) is 40.8. The second kappa shape index (κ2) is 9.85. The van der Waals surface area contributed by atoms with Gasteiger partial charge in [-0.15, -0.1) is 11.3 Å². The number of nitrogens with one attached hydrogen (secondary N) is 2. The topological polar surface area (TPSA) is 175 Å². The van der Waals surface area contributed by atoms with Gasteiger partial charge < -0.3 is 20.9 Å². The van der Waals surface area contributed by atoms with Gasteiger partial charge in [-0.2, -0.15) is 0 Å². The van der Waals surface area contributed by atoms with Crippen LogP contribution in [-0.2, 0) is 31.1 Å². The first-order valence-electron chi connectivity index (χ1n) is 8.27. The van der Waals surface area contributed by atoms with E-state index in [0.29, 0.717) is 16.4 Å². The molecule has 154 valence electrons. The normalized spacial score (nSPS) is 16.8. The Morgan fingerprint density at radius 2 is 2.00 bits per heavy atom. The van der Waals surface area contributed by atoms with Crippen LogP contribution in [0.5, 0.6) is 0 Å². The number of β-lactam (4-membered cyclic amide) rings is 1. The van der Waals surface area contributed by atoms with Crippen LogP contribution in [0.25, 0.3) is 0 Å². The number of hydrogen-bond acceptors (Lipinski definition) is 9. The summed E-state index contributed by atoms with van der Waals surface area (Å²) in [5.74, 6) is -2.24. The first-order valence-corrected chi connectivity index (χ1v) is 10.5. The van der Waals surface area contributed by atoms with Gasteiger partial charge in [0.1, 0.15) is 12.1 Å². The van der Waals surface area contributed by atoms with Crippen LogP contribution in [-0.4, -0.2) is 52.6 Å². The molecule has 1 aliphatic rings. The fraction of sp³-hybridized carbons (Fsp3) is 0.250. The second-order valence-corrected chi connectivity index (χ2v) is 8.34. The number of hydrogen-bond donors (Lipinski definition) is 3. The smallest absolute Gasteiger partial charge is 0.731 e. The van der Waals surface area contributed by atoms with E-state index in [1.165, 1.54) is 11.3 Å². The van der Waals surface area contributed by atoms with E-state index in [2.05, 4.69) is 15.6 Å². The van der Waals surface area contributed by atoms with Gasteiger partial charge in [-0.05, 0) is 5.56 Å². The number of thiazole rings is 1. The maximum atomic E-state index is 12.7. The standard InChI is InChI=1S/C16H17N5O6S2.Na/c17-16-18-10(8-28-16)6-12(22)20-13(9-4-2-1-3-5-9)14(23)19-11-7-21(15(11)24)29(25,26)27;/h1-5,8,11,13H,6-7H2,(H2,17,18)(H,19,23)(H,20,22)(H,25,26,27);/q;+1/p-1. The van der Waals surface area contributed by atoms with E-state index in [1.807, 2.05) is 0 Å². The molecule has 1 aliphatic heterocycles. The first kappa shape index (κ1) is 24.2. The summed E-state index contributed by atoms with van der Waals surface area (Å²) < 4.78 is 32.8. The van der Waals surface area contributed by atoms with Gasteiger partial charge >= 0.3 is 29.6 Å². The Labute approximate surface area is 198 Å². The largest absolute Gasteiger partial charge is 1.00 e. The summed E-state index contributed by atoms with van der Waals surface area (Å²) >= 11 is 1.18. The van der Waals surface area contributed by atoms with Gasteiger partial charge in [0.25, 0.3) is 5.91 Å². The van der Waals surface area contributed by atoms with Crippen molar-refractivity contribution in [2.24, 2.45) is 0 Å². The van der Waals surface area contributed by atoms with Crippen molar-refractivity contribution in [1.82, 2.24) is 19.9 Å². The molecule has 14 heteroatoms. The quantitative estimate of drug-likeness (QED) is 0.212. The molecule has 1 saturated heterocycles. The number of amides is 3. The molecule has 1 fully saturated rings. The van der Waals surface area contributed by atoms with Crippen LogP contribution < -0.4 is 45.9 Å². The number of carbonyl (C=O) groups excluding carboxylic acids is 3. The van der Waals surface area contributed by atoms with Gasteiger partial charge in [0.15, 0.2) is 15.4 Å². The van der Waals surface area contributed by atoms with Crippen LogP contribution in [0.1, 0.15) is 17.3 Å². The summed E-state index contributed by atoms with van der Waals surface area (Å²) in [6, 6.07) is 6.00. The molecule has 0 saturated carbocycles. The molecular weight excluding hydrogens is 445 g/mol. The Morgan fingerprint density at radius 3 is 2.53 bits per heavy atom. The Kier molecular flexibility index (Phi) is 7.96. The minimum Gasteiger partial charge on any atom is -0.731 e. The van der Waals surface area contributed by atoms with Crippen LogP contribution >= 0.6 is 11.3 Å². The van der Waals surface area contributed by atoms with Gasteiger partial charge in [-0.25, -0.2) is 17.7 Å². The predicted octanol–water partition coefficient (Wildman–Crippen LogP) is -4.08. The van der Waals surface area contributed by atoms with Gasteiger partial charge in [0.2, 0.25) is 11.8 Å². The molecule has 3 rings (SSSR count). The SMILES string of the molecule is Nc1nc(CC(=O)NC(C(=O)NC2CN(S(=O)(=O)[O-])C2=O)c2ccccc2)cs1.[Na+]. The van der Waals surface area contributed by atoms with E-state index in [0.717, 1.165) is 0 Å². The van der Waals surface area contributed by atoms with Crippen LogP contribution in [0.2, 0.25) is 0 Å². The van der Waals surface area contributed by atoms with Gasteiger partial charge in [0, 0.05) is 5.38 Å². The van der Waals surface area contributed by atoms with Crippen LogP contribution in [0, 0.1) is 0 Å². The van der Waals surface area contributed by atoms with E-state index in [9.17, 15) is 27.4 Å². The summed E-state index contributed by atoms with van der Waals surface area (Å²) in [5, 5.41) is 6.86. The maximum absolute atomic E-state index is 12.7. The molecule has 1 aromatic carbocycles. The molecule has 2 atom stereocenters. The molecule has 3 amide bonds. The van der Waals surface area contributed by atoms with Crippen molar-refractivity contribution in [2.45, 2.75) is 18.5 Å². The number of carbonyl (C=O) groups is 3. The Hall–Kier alpha value is -2.03. The third-order valence-electron chi connectivity index (χ3n) is 4.09. The number of benzene rings is 1. The molecular formula is C16H16N5NaO6S2. The predicted molar refractivity (Wildman–Crippen MR) is 101 cm³/mol. The van der Waals surface area contributed by atoms with Crippen molar-refractivity contribution in [1.29, 1.82) is 0 Å². The number of nitrogens with zero attached hydrogens (tertiary/aromatic N) is 2. The van der Waals surface area contributed by atoms with Crippen LogP contribution in [0.4, 0.5) is 5.13 Å². The molecule has 0 bridgehead atoms. The number of rotatable bonds is 7. The molecule has 30 heavy (non-hydrogen) atoms. The number of nitrogens with two attached hydrogens (primary N) is 1. The van der Waals surface area contributed by atoms with Crippen LogP contribution in [0.3, 0.4) is 0 Å². The second-order valence-electron chi connectivity index (χ2n) is 6.15. The first-order chi connectivity index (χ1) is 13.6. The minimum absolute atomic E-state index is 0. The molecule has 0 radical (unpaired) electrons. The molecule has 2 heterocycles. The molecule has 2 aromatic rings. The van der Waals surface area contributed by atoms with E-state index in [4.69, 9.17) is 5.73 Å². The van der Waals surface area contributed by atoms with Crippen molar-refractivity contribution in [3.63, 3.8) is 0 Å². The van der Waals surface area contributed by atoms with Crippen molar-refractivity contribution < 1.29 is 56.9 Å². The molecule has 2 unspecified atom stereocenters. The van der Waals surface area contributed by atoms with Crippen molar-refractivity contribution >= 4 is 44.5 Å². The van der Waals surface area contributed by atoms with Gasteiger partial charge in [-0.1, -0.05) is 30.3 Å². The van der Waals surface area contributed by atoms with Crippen LogP contribution in [0.15, 0.2) is 35.7 Å². The number of anilines is 1. The zero-order valence-electron chi connectivity index (χ0n) is 15.8. The summed E-state index contributed by atoms with van der Waals surface area (Å²) in [6.45, 7) is -0.454. The number of aromatic nitrogens is 1. The van der Waals surface area contributed by atoms with Gasteiger partial charge in [-0.3, -0.25) is 14.4 Å². The third kappa shape index (κ3) is 5.77. The summed E-state index contributed by atoms with van der Waals surface area (Å²) in [6.07, 6.45) is -0.102. The van der Waals surface area contributed by atoms with E-state index in [-0.39, 0.29) is 40.3 Å². The zero-order chi connectivity index (χ0) is 21.2. The van der Waals surface area contributed by atoms with Crippen molar-refractivity contribution in [3.8, 4) is 0 Å². The fourth-order valence-corrected chi connectivity index (χ4v) is 3.93. The monoisotopic (exact) mass is 461 g/mol. The van der Waals surface area contributed by atoms with Crippen molar-refractivity contribution in [2.75, 3.05) is 12.3 Å². The van der Waals surface area contributed by atoms with E-state index >= 15 is 0 Å². The number of nitrogen functional groups attached to an aromatic ring is 1. The Balaban J connectivity index is 0.00000320. The van der Waals surface area contributed by atoms with Gasteiger partial charge in [0.05, 0.1) is 18.7 Å². The molecule has 0 spiro atoms. The summed E-state index contributed by atoms with van der Waals surface area (Å²) in [7, 11) is -4.91. The molecule has 11 nitrogen and oxygen atoms in total. The molecule has 4 N–H and O–H groups in total. The average molecular weight is 461 g/mol. The summed E-state index contributed by atoms with van der Waals surface area (Å²) in [5.41, 5.74) is 6.44. The van der Waals surface area contributed by atoms with E-state index in [1.54, 1.807) is 35.7 Å². The average Bonchev–Trinajstić information content (AvgIpc) is 3.06. The third-order valence-corrected chi connectivity index (χ3v) is 5.68. The minimum atomic E-state index is -4.91. The Morgan fingerprint density at radius 1 is 1.33 bits per heavy atom. The Bertz CT molecular complexity index is 1050. The fourth-order valence-electron chi connectivity index (χ4n) is 2.69. The zero-order valence-corrected chi connectivity index (χ0v) is 19.4. The molecule has 1 aromatic heterocycles.